The van der Waals surface area contributed by atoms with Gasteiger partial charge in [0.15, 0.2) is 5.82 Å². The molecule has 0 N–H and O–H groups in total. The van der Waals surface area contributed by atoms with Crippen molar-refractivity contribution in [3.05, 3.63) is 65.5 Å². The summed E-state index contributed by atoms with van der Waals surface area (Å²) >= 11 is 0. The topological polar surface area (TPSA) is 76.8 Å². The quantitative estimate of drug-likeness (QED) is 0.389. The van der Waals surface area contributed by atoms with E-state index in [-0.39, 0.29) is 36.0 Å². The standard InChI is InChI=1S/C24H22F6N6O/c1-13(20-33-12-34-36(20)22-31-5-2-6-32-22)35(11-14-3-4-14)21(37)16-7-15(8-17(9-16)23(25,26)27)18-10-19(18)24(28,29)30/h2,5-9,12-14,18-19H,3-4,10-11H2,1H3. The van der Waals surface area contributed by atoms with Crippen LogP contribution in [0.1, 0.15) is 65.5 Å². The number of amides is 1. The average molecular weight is 524 g/mol. The molecule has 0 radical (unpaired) electrons. The first-order valence-electron chi connectivity index (χ1n) is 11.7. The fourth-order valence-corrected chi connectivity index (χ4v) is 4.47. The molecule has 37 heavy (non-hydrogen) atoms. The molecule has 3 unspecified atom stereocenters. The summed E-state index contributed by atoms with van der Waals surface area (Å²) in [5.41, 5.74) is -1.60. The lowest BCUT2D eigenvalue weighted by Crippen LogP contribution is -2.37. The molecule has 13 heteroatoms. The van der Waals surface area contributed by atoms with E-state index >= 15 is 0 Å². The van der Waals surface area contributed by atoms with Gasteiger partial charge in [-0.2, -0.15) is 36.1 Å². The zero-order valence-electron chi connectivity index (χ0n) is 19.5. The Hall–Kier alpha value is -3.51. The molecule has 5 rings (SSSR count). The highest BCUT2D eigenvalue weighted by molar-refractivity contribution is 5.95. The van der Waals surface area contributed by atoms with Gasteiger partial charge in [-0.05, 0) is 67.9 Å². The van der Waals surface area contributed by atoms with Gasteiger partial charge in [0.05, 0.1) is 17.5 Å². The minimum atomic E-state index is -4.83. The molecule has 0 saturated heterocycles. The van der Waals surface area contributed by atoms with Crippen molar-refractivity contribution in [2.24, 2.45) is 11.8 Å². The van der Waals surface area contributed by atoms with E-state index in [1.165, 1.54) is 28.3 Å². The number of carbonyl (C=O) groups excluding carboxylic acids is 1. The lowest BCUT2D eigenvalue weighted by atomic mass is 9.99. The molecule has 2 aromatic heterocycles. The van der Waals surface area contributed by atoms with E-state index in [4.69, 9.17) is 0 Å². The Kier molecular flexibility index (Phi) is 6.19. The number of aromatic nitrogens is 5. The average Bonchev–Trinajstić information content (AvgIpc) is 3.78. The maximum Gasteiger partial charge on any atom is 0.416 e. The van der Waals surface area contributed by atoms with Gasteiger partial charge in [-0.1, -0.05) is 0 Å². The molecule has 196 valence electrons. The zero-order chi connectivity index (χ0) is 26.5. The Bertz CT molecular complexity index is 1290. The number of hydrogen-bond acceptors (Lipinski definition) is 5. The molecule has 2 aliphatic rings. The van der Waals surface area contributed by atoms with Gasteiger partial charge < -0.3 is 4.90 Å². The predicted octanol–water partition coefficient (Wildman–Crippen LogP) is 5.36. The summed E-state index contributed by atoms with van der Waals surface area (Å²) in [6, 6.07) is 3.45. The van der Waals surface area contributed by atoms with E-state index in [2.05, 4.69) is 20.1 Å². The maximum atomic E-state index is 13.7. The summed E-state index contributed by atoms with van der Waals surface area (Å²) < 4.78 is 81.9. The van der Waals surface area contributed by atoms with E-state index < -0.39 is 41.7 Å². The summed E-state index contributed by atoms with van der Waals surface area (Å²) in [4.78, 5) is 27.6. The van der Waals surface area contributed by atoms with E-state index in [9.17, 15) is 31.1 Å². The smallest absolute Gasteiger partial charge is 0.328 e. The van der Waals surface area contributed by atoms with Crippen LogP contribution >= 0.6 is 0 Å². The first kappa shape index (κ1) is 25.2. The van der Waals surface area contributed by atoms with Gasteiger partial charge in [-0.15, -0.1) is 0 Å². The Morgan fingerprint density at radius 2 is 1.78 bits per heavy atom. The fraction of sp³-hybridized carbons (Fsp3) is 0.458. The van der Waals surface area contributed by atoms with Crippen molar-refractivity contribution in [1.29, 1.82) is 0 Å². The van der Waals surface area contributed by atoms with E-state index in [1.807, 2.05) is 0 Å². The SMILES string of the molecule is CC(c1ncnn1-c1ncccn1)N(CC1CC1)C(=O)c1cc(C2CC2C(F)(F)F)cc(C(F)(F)F)c1. The van der Waals surface area contributed by atoms with Crippen LogP contribution in [0.4, 0.5) is 26.3 Å². The Morgan fingerprint density at radius 1 is 1.08 bits per heavy atom. The number of halogens is 6. The third kappa shape index (κ3) is 5.30. The number of hydrogen-bond donors (Lipinski definition) is 0. The van der Waals surface area contributed by atoms with Crippen LogP contribution in [0.5, 0.6) is 0 Å². The molecule has 2 saturated carbocycles. The second-order valence-corrected chi connectivity index (χ2v) is 9.49. The van der Waals surface area contributed by atoms with E-state index in [1.54, 1.807) is 13.0 Å². The van der Waals surface area contributed by atoms with E-state index in [0.29, 0.717) is 18.0 Å². The Morgan fingerprint density at radius 3 is 2.38 bits per heavy atom. The summed E-state index contributed by atoms with van der Waals surface area (Å²) in [5, 5.41) is 4.13. The van der Waals surface area contributed by atoms with Gasteiger partial charge in [0.2, 0.25) is 0 Å². The molecule has 7 nitrogen and oxygen atoms in total. The highest BCUT2D eigenvalue weighted by Crippen LogP contribution is 2.56. The molecule has 3 aromatic rings. The van der Waals surface area contributed by atoms with Crippen LogP contribution < -0.4 is 0 Å². The van der Waals surface area contributed by atoms with Gasteiger partial charge in [-0.3, -0.25) is 4.79 Å². The molecule has 3 atom stereocenters. The highest BCUT2D eigenvalue weighted by atomic mass is 19.4. The third-order valence-corrected chi connectivity index (χ3v) is 6.74. The third-order valence-electron chi connectivity index (χ3n) is 6.74. The first-order valence-corrected chi connectivity index (χ1v) is 11.7. The Labute approximate surface area is 207 Å². The van der Waals surface area contributed by atoms with Gasteiger partial charge in [0.25, 0.3) is 11.9 Å². The molecular weight excluding hydrogens is 502 g/mol. The van der Waals surface area contributed by atoms with Gasteiger partial charge in [-0.25, -0.2) is 15.0 Å². The molecule has 2 fully saturated rings. The molecule has 0 bridgehead atoms. The minimum Gasteiger partial charge on any atom is -0.328 e. The lowest BCUT2D eigenvalue weighted by molar-refractivity contribution is -0.148. The molecule has 0 aliphatic heterocycles. The number of rotatable bonds is 7. The maximum absolute atomic E-state index is 13.7. The Balaban J connectivity index is 1.51. The van der Waals surface area contributed by atoms with Crippen LogP contribution in [0.25, 0.3) is 5.95 Å². The first-order chi connectivity index (χ1) is 17.4. The summed E-state index contributed by atoms with van der Waals surface area (Å²) in [6.45, 7) is 1.92. The van der Waals surface area contributed by atoms with Crippen molar-refractivity contribution in [3.8, 4) is 5.95 Å². The second kappa shape index (κ2) is 9.10. The number of carbonyl (C=O) groups is 1. The number of benzene rings is 1. The van der Waals surface area contributed by atoms with Crippen molar-refractivity contribution < 1.29 is 31.1 Å². The van der Waals surface area contributed by atoms with Gasteiger partial charge in [0.1, 0.15) is 6.33 Å². The van der Waals surface area contributed by atoms with Crippen LogP contribution in [0, 0.1) is 11.8 Å². The fourth-order valence-electron chi connectivity index (χ4n) is 4.47. The summed E-state index contributed by atoms with van der Waals surface area (Å²) in [5.74, 6) is -2.88. The monoisotopic (exact) mass is 524 g/mol. The van der Waals surface area contributed by atoms with Crippen molar-refractivity contribution in [3.63, 3.8) is 0 Å². The number of nitrogens with zero attached hydrogens (tertiary/aromatic N) is 6. The number of alkyl halides is 6. The van der Waals surface area contributed by atoms with Gasteiger partial charge >= 0.3 is 12.4 Å². The van der Waals surface area contributed by atoms with Crippen molar-refractivity contribution >= 4 is 5.91 Å². The van der Waals surface area contributed by atoms with Crippen LogP contribution in [-0.4, -0.2) is 48.3 Å². The van der Waals surface area contributed by atoms with Crippen LogP contribution in [-0.2, 0) is 6.18 Å². The molecule has 2 aliphatic carbocycles. The molecule has 1 amide bonds. The zero-order valence-corrected chi connectivity index (χ0v) is 19.5. The van der Waals surface area contributed by atoms with E-state index in [0.717, 1.165) is 18.9 Å². The van der Waals surface area contributed by atoms with Crippen LogP contribution in [0.15, 0.2) is 43.0 Å². The van der Waals surface area contributed by atoms with Crippen LogP contribution in [0.3, 0.4) is 0 Å². The molecule has 1 aromatic carbocycles. The highest BCUT2D eigenvalue weighted by Gasteiger charge is 2.56. The minimum absolute atomic E-state index is 0.139. The largest absolute Gasteiger partial charge is 0.416 e. The molecular formula is C24H22F6N6O. The van der Waals surface area contributed by atoms with Crippen molar-refractivity contribution in [2.75, 3.05) is 6.54 Å². The lowest BCUT2D eigenvalue weighted by Gasteiger charge is -2.29. The molecule has 2 heterocycles. The van der Waals surface area contributed by atoms with Crippen LogP contribution in [0.2, 0.25) is 0 Å². The van der Waals surface area contributed by atoms with Crippen molar-refractivity contribution in [1.82, 2.24) is 29.6 Å². The summed E-state index contributed by atoms with van der Waals surface area (Å²) in [7, 11) is 0. The summed E-state index contributed by atoms with van der Waals surface area (Å²) in [6.07, 6.45) is -3.67. The normalized spacial score (nSPS) is 20.5. The predicted molar refractivity (Wildman–Crippen MR) is 117 cm³/mol. The van der Waals surface area contributed by atoms with Gasteiger partial charge in [0, 0.05) is 24.5 Å². The molecule has 0 spiro atoms. The van der Waals surface area contributed by atoms with Crippen molar-refractivity contribution in [2.45, 2.75) is 50.5 Å². The second-order valence-electron chi connectivity index (χ2n) is 9.49.